The molecule has 0 amide bonds. The summed E-state index contributed by atoms with van der Waals surface area (Å²) in [7, 11) is 0. The first-order chi connectivity index (χ1) is 40.6. The quantitative estimate of drug-likeness (QED) is 0.107. The fourth-order valence-electron chi connectivity index (χ4n) is 11.0. The summed E-state index contributed by atoms with van der Waals surface area (Å²) < 4.78 is 0. The Hall–Kier alpha value is -10.1. The molecule has 2 aliphatic rings. The summed E-state index contributed by atoms with van der Waals surface area (Å²) in [6.45, 7) is 4.17. The number of benzene rings is 11. The van der Waals surface area contributed by atoms with E-state index in [1.54, 1.807) is 0 Å². The molecule has 0 fully saturated rings. The van der Waals surface area contributed by atoms with Crippen molar-refractivity contribution in [3.8, 4) is 100 Å². The van der Waals surface area contributed by atoms with Crippen molar-refractivity contribution in [2.45, 2.75) is 0 Å². The third-order valence-electron chi connectivity index (χ3n) is 15.3. The number of rotatable bonds is 13. The summed E-state index contributed by atoms with van der Waals surface area (Å²) >= 11 is 0. The fraction of sp³-hybridized carbons (Fsp3) is 0. The predicted octanol–water partition coefficient (Wildman–Crippen LogP) is 19.3. The number of hydrogen-bond acceptors (Lipinski definition) is 5. The van der Waals surface area contributed by atoms with Gasteiger partial charge in [-0.1, -0.05) is 192 Å². The van der Waals surface area contributed by atoms with Gasteiger partial charge in [0.05, 0.1) is 0 Å². The van der Waals surface area contributed by atoms with E-state index < -0.39 is 0 Å². The molecule has 0 unspecified atom stereocenters. The minimum absolute atomic E-state index is 0. The van der Waals surface area contributed by atoms with Crippen molar-refractivity contribution in [1.82, 2.24) is 4.98 Å². The summed E-state index contributed by atoms with van der Waals surface area (Å²) in [6, 6.07) is 108. The normalized spacial score (nSPS) is 12.7. The average molecular weight is 1240 g/mol. The Morgan fingerprint density at radius 2 is 0.627 bits per heavy atom. The van der Waals surface area contributed by atoms with Gasteiger partial charge in [-0.25, -0.2) is 0 Å². The summed E-state index contributed by atoms with van der Waals surface area (Å²) in [6.07, 6.45) is 10.2. The first kappa shape index (κ1) is 52.3. The third kappa shape index (κ3) is 11.0. The molecule has 6 heteroatoms. The number of aromatic nitrogens is 1. The van der Waals surface area contributed by atoms with Gasteiger partial charge in [-0.2, -0.15) is 36.4 Å². The molecule has 0 bridgehead atoms. The van der Waals surface area contributed by atoms with Crippen LogP contribution < -0.4 is 19.6 Å². The molecule has 12 aromatic rings. The fourth-order valence-corrected chi connectivity index (χ4v) is 11.0. The standard InChI is InChI=1S/C77H52N5.Ir/c1-4-16-56(17-5-1)57-28-30-58(31-29-57)63-44-45-78-77(53-63)62-34-32-59(33-35-62)71-22-10-13-25-74(71)64-50-65(75-26-14-11-23-72(75)60-36-40-69(41-37-60)81-48-46-79(54-81)67-18-6-2-7-19-67)52-66(51-64)76-27-15-12-24-73(76)61-38-42-70(43-39-61)82-49-47-80(55-82)68-20-8-3-9-21-68;/h1-34,36-40,42,44-55H;/q-5;. The Kier molecular flexibility index (Phi) is 14.8. The van der Waals surface area contributed by atoms with Gasteiger partial charge >= 0.3 is 0 Å². The largest absolute Gasteiger partial charge is 0.500 e. The van der Waals surface area contributed by atoms with Crippen molar-refractivity contribution in [2.75, 3.05) is 19.6 Å². The average Bonchev–Trinajstić information content (AvgIpc) is 4.36. The van der Waals surface area contributed by atoms with Gasteiger partial charge in [-0.05, 0) is 135 Å². The molecule has 14 rings (SSSR count). The summed E-state index contributed by atoms with van der Waals surface area (Å²) in [5.74, 6) is 0. The molecular weight excluding hydrogens is 1190 g/mol. The molecular formula is C77H52IrN5-5. The van der Waals surface area contributed by atoms with Crippen molar-refractivity contribution >= 4 is 22.7 Å². The molecule has 0 saturated carbocycles. The number of pyridine rings is 1. The summed E-state index contributed by atoms with van der Waals surface area (Å²) in [4.78, 5) is 13.3. The van der Waals surface area contributed by atoms with E-state index in [0.717, 1.165) is 112 Å². The maximum Gasteiger partial charge on any atom is 0.0166 e. The van der Waals surface area contributed by atoms with Crippen LogP contribution >= 0.6 is 0 Å². The SMILES string of the molecule is [Ir].[c-]1cc(-c2ccccc2-c2cc(-c3ccccc3-c3c[c-]c(N4C=CN(c5ccccc5)[CH-]4)cc3)cc(-c3ccccc3-c3c[c-]c(N4C=CN(c5ccccc5)[CH-]4)cc3)c2)ccc1-c1cc(-c2ccc(-c3ccccc3)cc2)ccn1. The zero-order chi connectivity index (χ0) is 54.6. The van der Waals surface area contributed by atoms with Crippen LogP contribution in [0.3, 0.4) is 0 Å². The second-order valence-corrected chi connectivity index (χ2v) is 20.4. The van der Waals surface area contributed by atoms with Crippen LogP contribution in [0.15, 0.2) is 304 Å². The molecule has 11 aromatic carbocycles. The van der Waals surface area contributed by atoms with E-state index in [1.807, 2.05) is 24.4 Å². The Balaban J connectivity index is 0.00000645. The van der Waals surface area contributed by atoms with E-state index in [9.17, 15) is 0 Å². The van der Waals surface area contributed by atoms with Gasteiger partial charge in [-0.3, -0.25) is 0 Å². The smallest absolute Gasteiger partial charge is 0.0166 e. The summed E-state index contributed by atoms with van der Waals surface area (Å²) in [5, 5.41) is 0. The summed E-state index contributed by atoms with van der Waals surface area (Å²) in [5.41, 5.74) is 23.9. The molecule has 0 saturated heterocycles. The van der Waals surface area contributed by atoms with Gasteiger partial charge in [0.1, 0.15) is 0 Å². The molecule has 0 atom stereocenters. The van der Waals surface area contributed by atoms with Crippen molar-refractivity contribution < 1.29 is 20.1 Å². The maximum atomic E-state index is 4.82. The monoisotopic (exact) mass is 1240 g/mol. The minimum atomic E-state index is 0. The van der Waals surface area contributed by atoms with E-state index in [2.05, 4.69) is 331 Å². The zero-order valence-corrected chi connectivity index (χ0v) is 47.5. The van der Waals surface area contributed by atoms with Crippen molar-refractivity contribution in [3.05, 3.63) is 336 Å². The number of hydrogen-bond donors (Lipinski definition) is 0. The van der Waals surface area contributed by atoms with Crippen LogP contribution in [0.25, 0.3) is 100 Å². The maximum absolute atomic E-state index is 4.82. The molecule has 0 spiro atoms. The topological polar surface area (TPSA) is 25.9 Å². The van der Waals surface area contributed by atoms with Gasteiger partial charge < -0.3 is 24.6 Å². The van der Waals surface area contributed by atoms with Gasteiger partial charge in [0.15, 0.2) is 0 Å². The Morgan fingerprint density at radius 3 is 1.04 bits per heavy atom. The second kappa shape index (κ2) is 23.5. The Bertz CT molecular complexity index is 4090. The number of anilines is 4. The number of nitrogens with zero attached hydrogens (tertiary/aromatic N) is 5. The molecule has 5 nitrogen and oxygen atoms in total. The molecule has 1 radical (unpaired) electrons. The molecule has 83 heavy (non-hydrogen) atoms. The van der Waals surface area contributed by atoms with Crippen LogP contribution in [0, 0.1) is 31.5 Å². The molecule has 2 aliphatic heterocycles. The van der Waals surface area contributed by atoms with E-state index in [4.69, 9.17) is 4.98 Å². The van der Waals surface area contributed by atoms with Gasteiger partial charge in [0.2, 0.25) is 0 Å². The van der Waals surface area contributed by atoms with Crippen molar-refractivity contribution in [1.29, 1.82) is 0 Å². The van der Waals surface area contributed by atoms with Crippen LogP contribution in [0.4, 0.5) is 22.7 Å². The van der Waals surface area contributed by atoms with Gasteiger partial charge in [-0.15, -0.1) is 77.8 Å². The van der Waals surface area contributed by atoms with Crippen LogP contribution in [0.1, 0.15) is 0 Å². The van der Waals surface area contributed by atoms with Crippen molar-refractivity contribution in [3.63, 3.8) is 0 Å². The predicted molar refractivity (Wildman–Crippen MR) is 339 cm³/mol. The Labute approximate surface area is 500 Å². The molecule has 3 heterocycles. The zero-order valence-electron chi connectivity index (χ0n) is 45.1. The molecule has 0 N–H and O–H groups in total. The van der Waals surface area contributed by atoms with Crippen molar-refractivity contribution in [2.24, 2.45) is 0 Å². The molecule has 0 aliphatic carbocycles. The molecule has 1 aromatic heterocycles. The van der Waals surface area contributed by atoms with Crippen LogP contribution in [0.5, 0.6) is 0 Å². The third-order valence-corrected chi connectivity index (χ3v) is 15.3. The van der Waals surface area contributed by atoms with E-state index >= 15 is 0 Å². The van der Waals surface area contributed by atoms with E-state index in [0.29, 0.717) is 0 Å². The van der Waals surface area contributed by atoms with Crippen LogP contribution in [-0.4, -0.2) is 4.98 Å². The Morgan fingerprint density at radius 1 is 0.277 bits per heavy atom. The number of para-hydroxylation sites is 2. The van der Waals surface area contributed by atoms with Gasteiger partial charge in [0.25, 0.3) is 0 Å². The minimum Gasteiger partial charge on any atom is -0.500 e. The first-order valence-electron chi connectivity index (χ1n) is 27.5. The first-order valence-corrected chi connectivity index (χ1v) is 27.5. The van der Waals surface area contributed by atoms with Gasteiger partial charge in [0, 0.05) is 37.7 Å². The van der Waals surface area contributed by atoms with Crippen LogP contribution in [-0.2, 0) is 20.1 Å². The van der Waals surface area contributed by atoms with Crippen LogP contribution in [0.2, 0.25) is 0 Å². The second-order valence-electron chi connectivity index (χ2n) is 20.4. The van der Waals surface area contributed by atoms with E-state index in [-0.39, 0.29) is 20.1 Å². The molecule has 399 valence electrons. The van der Waals surface area contributed by atoms with E-state index in [1.165, 1.54) is 11.1 Å².